The number of pyridine rings is 1. The number of hydrogen-bond acceptors (Lipinski definition) is 5. The molecule has 0 aliphatic carbocycles. The third kappa shape index (κ3) is 8.44. The quantitative estimate of drug-likeness (QED) is 0.155. The third-order valence-electron chi connectivity index (χ3n) is 5.21. The van der Waals surface area contributed by atoms with Crippen LogP contribution in [0.3, 0.4) is 0 Å². The molecule has 0 unspecified atom stereocenters. The van der Waals surface area contributed by atoms with Gasteiger partial charge in [-0.2, -0.15) is 0 Å². The zero-order chi connectivity index (χ0) is 27.6. The van der Waals surface area contributed by atoms with E-state index in [2.05, 4.69) is 20.9 Å². The predicted octanol–water partition coefficient (Wildman–Crippen LogP) is 6.53. The topological polar surface area (TPSA) is 100 Å². The van der Waals surface area contributed by atoms with Crippen LogP contribution in [0.15, 0.2) is 108 Å². The van der Waals surface area contributed by atoms with Crippen LogP contribution < -0.4 is 16.0 Å². The molecular weight excluding hydrogens is 555 g/mol. The van der Waals surface area contributed by atoms with Gasteiger partial charge in [0.1, 0.15) is 5.70 Å². The summed E-state index contributed by atoms with van der Waals surface area (Å²) in [5.41, 5.74) is 2.15. The lowest BCUT2D eigenvalue weighted by Crippen LogP contribution is -2.30. The number of thioether (sulfide) groups is 1. The van der Waals surface area contributed by atoms with Crippen molar-refractivity contribution in [1.29, 1.82) is 0 Å². The van der Waals surface area contributed by atoms with Crippen LogP contribution in [0.1, 0.15) is 15.9 Å². The standard InChI is InChI=1S/C29H22Cl2N4O3S/c30-21-8-13-25(24(31)16-21)34-27(36)18-39-23-11-9-22(10-12-23)33-29(38)26(15-19-5-4-14-32-17-19)35-28(37)20-6-2-1-3-7-20/h1-17H,18H2,(H,33,38)(H,34,36)(H,35,37)/b26-15-. The molecule has 0 spiro atoms. The number of carbonyl (C=O) groups is 3. The van der Waals surface area contributed by atoms with Crippen molar-refractivity contribution >= 4 is 70.1 Å². The van der Waals surface area contributed by atoms with Crippen LogP contribution in [0.25, 0.3) is 6.08 Å². The second kappa shape index (κ2) is 13.6. The first-order valence-electron chi connectivity index (χ1n) is 11.6. The summed E-state index contributed by atoms with van der Waals surface area (Å²) in [5.74, 6) is -0.969. The monoisotopic (exact) mass is 576 g/mol. The smallest absolute Gasteiger partial charge is 0.272 e. The van der Waals surface area contributed by atoms with E-state index in [1.807, 2.05) is 0 Å². The van der Waals surface area contributed by atoms with Crippen LogP contribution in [0.5, 0.6) is 0 Å². The largest absolute Gasteiger partial charge is 0.324 e. The second-order valence-electron chi connectivity index (χ2n) is 8.10. The molecule has 7 nitrogen and oxygen atoms in total. The van der Waals surface area contributed by atoms with E-state index in [0.717, 1.165) is 4.90 Å². The zero-order valence-corrected chi connectivity index (χ0v) is 22.7. The molecule has 4 rings (SSSR count). The summed E-state index contributed by atoms with van der Waals surface area (Å²) in [6.45, 7) is 0. The van der Waals surface area contributed by atoms with E-state index >= 15 is 0 Å². The Morgan fingerprint density at radius 3 is 2.33 bits per heavy atom. The third-order valence-corrected chi connectivity index (χ3v) is 6.77. The molecule has 1 aromatic heterocycles. The molecule has 0 atom stereocenters. The highest BCUT2D eigenvalue weighted by atomic mass is 35.5. The minimum atomic E-state index is -0.497. The first-order chi connectivity index (χ1) is 18.9. The molecule has 0 aliphatic rings. The Balaban J connectivity index is 1.38. The Morgan fingerprint density at radius 2 is 1.64 bits per heavy atom. The van der Waals surface area contributed by atoms with Crippen LogP contribution >= 0.6 is 35.0 Å². The van der Waals surface area contributed by atoms with E-state index in [9.17, 15) is 14.4 Å². The van der Waals surface area contributed by atoms with Crippen molar-refractivity contribution < 1.29 is 14.4 Å². The maximum atomic E-state index is 13.1. The van der Waals surface area contributed by atoms with E-state index < -0.39 is 11.8 Å². The lowest BCUT2D eigenvalue weighted by atomic mass is 10.2. The van der Waals surface area contributed by atoms with Gasteiger partial charge >= 0.3 is 0 Å². The summed E-state index contributed by atoms with van der Waals surface area (Å²) in [4.78, 5) is 43.1. The molecule has 3 aromatic carbocycles. The molecule has 196 valence electrons. The molecule has 0 radical (unpaired) electrons. The van der Waals surface area contributed by atoms with Gasteiger partial charge in [-0.15, -0.1) is 11.8 Å². The Bertz CT molecular complexity index is 1500. The second-order valence-corrected chi connectivity index (χ2v) is 10.00. The van der Waals surface area contributed by atoms with Gasteiger partial charge in [-0.1, -0.05) is 47.5 Å². The summed E-state index contributed by atoms with van der Waals surface area (Å²) < 4.78 is 0. The number of nitrogens with one attached hydrogen (secondary N) is 3. The molecule has 0 bridgehead atoms. The Labute approximate surface area is 239 Å². The van der Waals surface area contributed by atoms with E-state index in [1.165, 1.54) is 11.8 Å². The summed E-state index contributed by atoms with van der Waals surface area (Å²) >= 11 is 13.3. The van der Waals surface area contributed by atoms with Gasteiger partial charge in [-0.25, -0.2) is 0 Å². The van der Waals surface area contributed by atoms with Gasteiger partial charge in [0, 0.05) is 33.6 Å². The highest BCUT2D eigenvalue weighted by molar-refractivity contribution is 8.00. The molecule has 1 heterocycles. The number of rotatable bonds is 9. The molecule has 4 aromatic rings. The first-order valence-corrected chi connectivity index (χ1v) is 13.4. The highest BCUT2D eigenvalue weighted by Crippen LogP contribution is 2.26. The summed E-state index contributed by atoms with van der Waals surface area (Å²) in [6, 6.07) is 24.0. The van der Waals surface area contributed by atoms with Gasteiger partial charge in [0.15, 0.2) is 0 Å². The van der Waals surface area contributed by atoms with Gasteiger partial charge in [0.25, 0.3) is 11.8 Å². The number of amides is 3. The molecule has 0 fully saturated rings. The Kier molecular flexibility index (Phi) is 9.74. The van der Waals surface area contributed by atoms with Gasteiger partial charge in [-0.3, -0.25) is 19.4 Å². The molecule has 10 heteroatoms. The number of carbonyl (C=O) groups excluding carboxylic acids is 3. The maximum Gasteiger partial charge on any atom is 0.272 e. The van der Waals surface area contributed by atoms with Crippen molar-refractivity contribution in [2.75, 3.05) is 16.4 Å². The summed E-state index contributed by atoms with van der Waals surface area (Å²) in [6.07, 6.45) is 4.76. The molecule has 0 saturated carbocycles. The number of nitrogens with zero attached hydrogens (tertiary/aromatic N) is 1. The number of anilines is 2. The van der Waals surface area contributed by atoms with Crippen molar-refractivity contribution in [2.24, 2.45) is 0 Å². The highest BCUT2D eigenvalue weighted by Gasteiger charge is 2.15. The van der Waals surface area contributed by atoms with Gasteiger partial charge in [-0.05, 0) is 72.3 Å². The zero-order valence-electron chi connectivity index (χ0n) is 20.4. The summed E-state index contributed by atoms with van der Waals surface area (Å²) in [7, 11) is 0. The maximum absolute atomic E-state index is 13.1. The molecule has 0 aliphatic heterocycles. The molecular formula is C29H22Cl2N4O3S. The normalized spacial score (nSPS) is 11.0. The Hall–Kier alpha value is -4.11. The van der Waals surface area contributed by atoms with E-state index in [4.69, 9.17) is 23.2 Å². The fourth-order valence-electron chi connectivity index (χ4n) is 3.33. The fraction of sp³-hybridized carbons (Fsp3) is 0.0345. The SMILES string of the molecule is O=C(CSc1ccc(NC(=O)/C(=C/c2cccnc2)NC(=O)c2ccccc2)cc1)Nc1ccc(Cl)cc1Cl. The van der Waals surface area contributed by atoms with Gasteiger partial charge in [0.05, 0.1) is 16.5 Å². The fourth-order valence-corrected chi connectivity index (χ4v) is 4.48. The average Bonchev–Trinajstić information content (AvgIpc) is 2.95. The predicted molar refractivity (Wildman–Crippen MR) is 157 cm³/mol. The number of halogens is 2. The lowest BCUT2D eigenvalue weighted by Gasteiger charge is -2.12. The van der Waals surface area contributed by atoms with Gasteiger partial charge < -0.3 is 16.0 Å². The van der Waals surface area contributed by atoms with Crippen molar-refractivity contribution in [1.82, 2.24) is 10.3 Å². The molecule has 39 heavy (non-hydrogen) atoms. The van der Waals surface area contributed by atoms with E-state index in [0.29, 0.717) is 32.5 Å². The van der Waals surface area contributed by atoms with E-state index in [1.54, 1.807) is 103 Å². The van der Waals surface area contributed by atoms with Crippen molar-refractivity contribution in [3.63, 3.8) is 0 Å². The number of hydrogen-bond donors (Lipinski definition) is 3. The van der Waals surface area contributed by atoms with Crippen molar-refractivity contribution in [3.8, 4) is 0 Å². The molecule has 3 N–H and O–H groups in total. The molecule has 3 amide bonds. The van der Waals surface area contributed by atoms with Crippen LogP contribution in [0.2, 0.25) is 10.0 Å². The molecule has 0 saturated heterocycles. The van der Waals surface area contributed by atoms with Crippen molar-refractivity contribution in [3.05, 3.63) is 124 Å². The minimum absolute atomic E-state index is 0.0628. The lowest BCUT2D eigenvalue weighted by molar-refractivity contribution is -0.114. The van der Waals surface area contributed by atoms with Crippen LogP contribution in [0, 0.1) is 0 Å². The first kappa shape index (κ1) is 27.9. The average molecular weight is 577 g/mol. The van der Waals surface area contributed by atoms with E-state index in [-0.39, 0.29) is 17.4 Å². The number of aromatic nitrogens is 1. The summed E-state index contributed by atoms with van der Waals surface area (Å²) in [5, 5.41) is 9.08. The van der Waals surface area contributed by atoms with Crippen LogP contribution in [0.4, 0.5) is 11.4 Å². The van der Waals surface area contributed by atoms with Gasteiger partial charge in [0.2, 0.25) is 5.91 Å². The Morgan fingerprint density at radius 1 is 0.872 bits per heavy atom. The minimum Gasteiger partial charge on any atom is -0.324 e. The van der Waals surface area contributed by atoms with Crippen molar-refractivity contribution in [2.45, 2.75) is 4.90 Å². The van der Waals surface area contributed by atoms with Crippen LogP contribution in [-0.2, 0) is 9.59 Å². The van der Waals surface area contributed by atoms with Crippen LogP contribution in [-0.4, -0.2) is 28.5 Å². The number of benzene rings is 3.